The molecule has 0 spiro atoms. The van der Waals surface area contributed by atoms with E-state index in [-0.39, 0.29) is 12.0 Å². The van der Waals surface area contributed by atoms with E-state index in [0.717, 1.165) is 0 Å². The van der Waals surface area contributed by atoms with Crippen molar-refractivity contribution in [1.29, 1.82) is 0 Å². The van der Waals surface area contributed by atoms with E-state index in [1.165, 1.54) is 0 Å². The van der Waals surface area contributed by atoms with E-state index in [2.05, 4.69) is 5.32 Å². The van der Waals surface area contributed by atoms with E-state index in [9.17, 15) is 14.9 Å². The first-order valence-electron chi connectivity index (χ1n) is 4.03. The third-order valence-corrected chi connectivity index (χ3v) is 1.92. The number of carbonyl (C=O) groups is 1. The second kappa shape index (κ2) is 3.88. The quantitative estimate of drug-likeness (QED) is 0.279. The second-order valence-corrected chi connectivity index (χ2v) is 2.62. The average Bonchev–Trinajstić information content (AvgIpc) is 2.53. The fourth-order valence-corrected chi connectivity index (χ4v) is 1.29. The molecule has 0 unspecified atom stereocenters. The number of hydrogen-bond donors (Lipinski definition) is 1. The van der Waals surface area contributed by atoms with Crippen LogP contribution >= 0.6 is 0 Å². The summed E-state index contributed by atoms with van der Waals surface area (Å²) in [5, 5.41) is 13.3. The molecule has 0 radical (unpaired) electrons. The average molecular weight is 185 g/mol. The Morgan fingerprint density at radius 3 is 3.00 bits per heavy atom. The topological polar surface area (TPSA) is 75.5 Å². The lowest BCUT2D eigenvalue weighted by molar-refractivity contribution is -0.419. The largest absolute Gasteiger partial charge is 0.364 e. The van der Waals surface area contributed by atoms with Gasteiger partial charge in [-0.25, -0.2) is 0 Å². The van der Waals surface area contributed by atoms with Crippen LogP contribution < -0.4 is 5.32 Å². The van der Waals surface area contributed by atoms with Crippen LogP contribution in [-0.2, 0) is 4.79 Å². The van der Waals surface area contributed by atoms with Gasteiger partial charge in [0, 0.05) is 19.6 Å². The molecule has 1 aliphatic heterocycles. The molecule has 0 aromatic rings. The number of likely N-dealkylation sites (N-methyl/N-ethyl adjacent to an activating group) is 1. The maximum atomic E-state index is 10.4. The molecule has 13 heavy (non-hydrogen) atoms. The Bertz CT molecular complexity index is 262. The number of nitrogens with one attached hydrogen (secondary N) is 1. The maximum Gasteiger partial charge on any atom is 0.348 e. The number of aldehydes is 1. The van der Waals surface area contributed by atoms with E-state index >= 15 is 0 Å². The molecular formula is C7H11N3O3. The molecular weight excluding hydrogens is 174 g/mol. The summed E-state index contributed by atoms with van der Waals surface area (Å²) in [7, 11) is 0. The van der Waals surface area contributed by atoms with Crippen molar-refractivity contribution < 1.29 is 9.72 Å². The molecule has 6 heteroatoms. The zero-order valence-corrected chi connectivity index (χ0v) is 7.32. The van der Waals surface area contributed by atoms with Crippen molar-refractivity contribution in [3.05, 3.63) is 21.6 Å². The van der Waals surface area contributed by atoms with E-state index in [0.29, 0.717) is 25.5 Å². The maximum absolute atomic E-state index is 10.4. The van der Waals surface area contributed by atoms with Gasteiger partial charge in [0.25, 0.3) is 0 Å². The minimum atomic E-state index is -0.663. The summed E-state index contributed by atoms with van der Waals surface area (Å²) in [6.45, 7) is 3.90. The number of allylic oxidation sites excluding steroid dienone is 1. The van der Waals surface area contributed by atoms with Crippen LogP contribution in [0.25, 0.3) is 0 Å². The van der Waals surface area contributed by atoms with Crippen molar-refractivity contribution in [2.45, 2.75) is 6.92 Å². The number of rotatable bonds is 3. The molecule has 0 amide bonds. The predicted octanol–water partition coefficient (Wildman–Crippen LogP) is -0.444. The monoisotopic (exact) mass is 185 g/mol. The molecule has 1 aliphatic rings. The van der Waals surface area contributed by atoms with Crippen LogP contribution in [0.15, 0.2) is 11.5 Å². The highest BCUT2D eigenvalue weighted by molar-refractivity contribution is 5.70. The fourth-order valence-electron chi connectivity index (χ4n) is 1.29. The van der Waals surface area contributed by atoms with Crippen molar-refractivity contribution in [3.63, 3.8) is 0 Å². The Kier molecular flexibility index (Phi) is 2.84. The highest BCUT2D eigenvalue weighted by Gasteiger charge is 2.25. The Morgan fingerprint density at radius 2 is 2.54 bits per heavy atom. The van der Waals surface area contributed by atoms with Crippen molar-refractivity contribution in [2.24, 2.45) is 0 Å². The van der Waals surface area contributed by atoms with Gasteiger partial charge in [-0.2, -0.15) is 0 Å². The van der Waals surface area contributed by atoms with Crippen LogP contribution in [0, 0.1) is 10.1 Å². The van der Waals surface area contributed by atoms with Crippen LogP contribution in [0.4, 0.5) is 0 Å². The highest BCUT2D eigenvalue weighted by Crippen LogP contribution is 2.10. The molecule has 0 aliphatic carbocycles. The van der Waals surface area contributed by atoms with Gasteiger partial charge in [-0.3, -0.25) is 14.9 Å². The van der Waals surface area contributed by atoms with Crippen LogP contribution in [0.3, 0.4) is 0 Å². The first-order valence-corrected chi connectivity index (χ1v) is 4.03. The normalized spacial score (nSPS) is 19.6. The lowest BCUT2D eigenvalue weighted by Crippen LogP contribution is -2.24. The summed E-state index contributed by atoms with van der Waals surface area (Å²) in [5.74, 6) is 0.336. The standard InChI is InChI=1S/C7H11N3O3/c1-2-9-4-3-8-7(9)6(5-11)10(12)13/h5,8H,2-4H2,1H3. The second-order valence-electron chi connectivity index (χ2n) is 2.62. The molecule has 0 bridgehead atoms. The number of carbonyl (C=O) groups excluding carboxylic acids is 1. The van der Waals surface area contributed by atoms with Crippen LogP contribution in [0.2, 0.25) is 0 Å². The molecule has 1 rings (SSSR count). The van der Waals surface area contributed by atoms with Gasteiger partial charge in [-0.15, -0.1) is 0 Å². The van der Waals surface area contributed by atoms with Gasteiger partial charge in [-0.05, 0) is 6.92 Å². The van der Waals surface area contributed by atoms with Crippen LogP contribution in [-0.4, -0.2) is 35.7 Å². The number of nitrogens with zero attached hydrogens (tertiary/aromatic N) is 2. The Labute approximate surface area is 75.4 Å². The highest BCUT2D eigenvalue weighted by atomic mass is 16.6. The minimum Gasteiger partial charge on any atom is -0.364 e. The van der Waals surface area contributed by atoms with Crippen LogP contribution in [0.1, 0.15) is 6.92 Å². The molecule has 0 saturated carbocycles. The fraction of sp³-hybridized carbons (Fsp3) is 0.571. The minimum absolute atomic E-state index is 0.274. The first kappa shape index (κ1) is 9.50. The van der Waals surface area contributed by atoms with Crippen molar-refractivity contribution >= 4 is 6.29 Å². The van der Waals surface area contributed by atoms with Crippen molar-refractivity contribution in [1.82, 2.24) is 10.2 Å². The molecule has 1 heterocycles. The predicted molar refractivity (Wildman–Crippen MR) is 45.3 cm³/mol. The van der Waals surface area contributed by atoms with Gasteiger partial charge in [0.15, 0.2) is 5.82 Å². The zero-order chi connectivity index (χ0) is 9.84. The molecule has 1 saturated heterocycles. The lowest BCUT2D eigenvalue weighted by Gasteiger charge is -2.14. The van der Waals surface area contributed by atoms with Gasteiger partial charge in [-0.1, -0.05) is 0 Å². The van der Waals surface area contributed by atoms with E-state index in [1.807, 2.05) is 6.92 Å². The van der Waals surface area contributed by atoms with E-state index in [1.54, 1.807) is 4.90 Å². The molecule has 0 atom stereocenters. The zero-order valence-electron chi connectivity index (χ0n) is 7.32. The summed E-state index contributed by atoms with van der Waals surface area (Å²) in [4.78, 5) is 22.0. The van der Waals surface area contributed by atoms with Crippen molar-refractivity contribution in [2.75, 3.05) is 19.6 Å². The van der Waals surface area contributed by atoms with Gasteiger partial charge in [0.1, 0.15) is 0 Å². The van der Waals surface area contributed by atoms with Crippen LogP contribution in [0.5, 0.6) is 0 Å². The number of nitro groups is 1. The van der Waals surface area contributed by atoms with Gasteiger partial charge in [0.2, 0.25) is 6.29 Å². The Balaban J connectivity index is 2.98. The SMILES string of the molecule is CCN1CCNC1=C(C=O)[N+](=O)[O-]. The summed E-state index contributed by atoms with van der Waals surface area (Å²) >= 11 is 0. The van der Waals surface area contributed by atoms with Gasteiger partial charge < -0.3 is 10.2 Å². The van der Waals surface area contributed by atoms with E-state index in [4.69, 9.17) is 0 Å². The molecule has 1 fully saturated rings. The van der Waals surface area contributed by atoms with Crippen molar-refractivity contribution in [3.8, 4) is 0 Å². The Morgan fingerprint density at radius 1 is 1.85 bits per heavy atom. The Hall–Kier alpha value is -1.59. The van der Waals surface area contributed by atoms with Gasteiger partial charge in [0.05, 0.1) is 4.92 Å². The molecule has 0 aromatic carbocycles. The smallest absolute Gasteiger partial charge is 0.348 e. The summed E-state index contributed by atoms with van der Waals surface area (Å²) < 4.78 is 0. The summed E-state index contributed by atoms with van der Waals surface area (Å²) in [6, 6.07) is 0. The third kappa shape index (κ3) is 1.77. The van der Waals surface area contributed by atoms with E-state index < -0.39 is 4.92 Å². The molecule has 0 aromatic heterocycles. The summed E-state index contributed by atoms with van der Waals surface area (Å²) in [6.07, 6.45) is 0.274. The van der Waals surface area contributed by atoms with Gasteiger partial charge >= 0.3 is 5.70 Å². The number of hydrogen-bond acceptors (Lipinski definition) is 5. The first-order chi connectivity index (χ1) is 6.20. The molecule has 72 valence electrons. The lowest BCUT2D eigenvalue weighted by atomic mass is 10.4. The summed E-state index contributed by atoms with van der Waals surface area (Å²) in [5.41, 5.74) is -0.389. The third-order valence-electron chi connectivity index (χ3n) is 1.92. The molecule has 1 N–H and O–H groups in total. The molecule has 6 nitrogen and oxygen atoms in total.